The zero-order valence-electron chi connectivity index (χ0n) is 10.6. The molecule has 18 heavy (non-hydrogen) atoms. The number of nitrogen functional groups attached to an aromatic ring is 1. The summed E-state index contributed by atoms with van der Waals surface area (Å²) in [6.07, 6.45) is 2.77. The zero-order chi connectivity index (χ0) is 13.0. The molecule has 96 valence electrons. The van der Waals surface area contributed by atoms with Crippen LogP contribution in [0.5, 0.6) is 5.88 Å². The number of hydrogen-bond acceptors (Lipinski definition) is 5. The maximum atomic E-state index is 5.79. The van der Waals surface area contributed by atoms with E-state index in [1.54, 1.807) is 16.8 Å². The summed E-state index contributed by atoms with van der Waals surface area (Å²) in [5.41, 5.74) is 6.33. The smallest absolute Gasteiger partial charge is 0.239 e. The van der Waals surface area contributed by atoms with E-state index >= 15 is 0 Å². The minimum absolute atomic E-state index is 0.456. The van der Waals surface area contributed by atoms with Crippen LogP contribution in [0.25, 0.3) is 0 Å². The highest BCUT2D eigenvalue weighted by Gasteiger charge is 2.05. The van der Waals surface area contributed by atoms with E-state index in [2.05, 4.69) is 15.4 Å². The van der Waals surface area contributed by atoms with Gasteiger partial charge in [-0.2, -0.15) is 10.1 Å². The number of aromatic nitrogens is 3. The average Bonchev–Trinajstić information content (AvgIpc) is 2.75. The van der Waals surface area contributed by atoms with Gasteiger partial charge in [-0.3, -0.25) is 4.68 Å². The number of nitrogens with two attached hydrogens (primary N) is 1. The van der Waals surface area contributed by atoms with Crippen molar-refractivity contribution in [2.45, 2.75) is 13.3 Å². The van der Waals surface area contributed by atoms with E-state index in [1.165, 1.54) is 0 Å². The molecule has 0 aliphatic rings. The molecule has 2 aromatic rings. The van der Waals surface area contributed by atoms with Gasteiger partial charge in [0.05, 0.1) is 12.3 Å². The molecule has 0 radical (unpaired) electrons. The Labute approximate surface area is 106 Å². The lowest BCUT2D eigenvalue weighted by Crippen LogP contribution is -2.03. The summed E-state index contributed by atoms with van der Waals surface area (Å²) in [5.74, 6) is 1.85. The molecular weight excluding hydrogens is 230 g/mol. The van der Waals surface area contributed by atoms with Gasteiger partial charge in [0.25, 0.3) is 0 Å². The van der Waals surface area contributed by atoms with Gasteiger partial charge in [-0.25, -0.2) is 0 Å². The van der Waals surface area contributed by atoms with Crippen LogP contribution in [-0.2, 0) is 7.05 Å². The number of rotatable bonds is 5. The van der Waals surface area contributed by atoms with E-state index in [1.807, 2.05) is 26.2 Å². The molecule has 0 atom stereocenters. The number of nitrogens with one attached hydrogen (secondary N) is 1. The molecule has 2 heterocycles. The summed E-state index contributed by atoms with van der Waals surface area (Å²) in [6, 6.07) is 5.43. The largest absolute Gasteiger partial charge is 0.476 e. The van der Waals surface area contributed by atoms with Crippen molar-refractivity contribution in [3.8, 4) is 5.88 Å². The Morgan fingerprint density at radius 1 is 1.33 bits per heavy atom. The maximum Gasteiger partial charge on any atom is 0.239 e. The van der Waals surface area contributed by atoms with Crippen molar-refractivity contribution < 1.29 is 4.74 Å². The van der Waals surface area contributed by atoms with Crippen molar-refractivity contribution in [1.82, 2.24) is 14.8 Å². The number of pyridine rings is 1. The average molecular weight is 247 g/mol. The molecule has 0 fully saturated rings. The summed E-state index contributed by atoms with van der Waals surface area (Å²) < 4.78 is 7.18. The zero-order valence-corrected chi connectivity index (χ0v) is 10.6. The Morgan fingerprint density at radius 3 is 2.83 bits per heavy atom. The van der Waals surface area contributed by atoms with Gasteiger partial charge in [-0.15, -0.1) is 0 Å². The van der Waals surface area contributed by atoms with Crippen LogP contribution in [0.15, 0.2) is 24.4 Å². The Kier molecular flexibility index (Phi) is 3.66. The molecule has 2 aromatic heterocycles. The topological polar surface area (TPSA) is 78.0 Å². The Balaban J connectivity index is 2.13. The number of aryl methyl sites for hydroxylation is 1. The second-order valence-electron chi connectivity index (χ2n) is 3.94. The minimum Gasteiger partial charge on any atom is -0.476 e. The SMILES string of the molecule is CCCOc1nc(Nc2ccn(C)n2)ccc1N. The summed E-state index contributed by atoms with van der Waals surface area (Å²) in [5, 5.41) is 7.30. The molecule has 2 rings (SSSR count). The first-order chi connectivity index (χ1) is 8.69. The third-order valence-corrected chi connectivity index (χ3v) is 2.30. The lowest BCUT2D eigenvalue weighted by Gasteiger charge is -2.09. The third-order valence-electron chi connectivity index (χ3n) is 2.30. The van der Waals surface area contributed by atoms with E-state index in [-0.39, 0.29) is 0 Å². The predicted molar refractivity (Wildman–Crippen MR) is 70.9 cm³/mol. The van der Waals surface area contributed by atoms with Gasteiger partial charge in [0.15, 0.2) is 5.82 Å². The van der Waals surface area contributed by atoms with Gasteiger partial charge in [0.2, 0.25) is 5.88 Å². The predicted octanol–water partition coefficient (Wildman–Crippen LogP) is 1.93. The molecule has 0 bridgehead atoms. The highest BCUT2D eigenvalue weighted by atomic mass is 16.5. The van der Waals surface area contributed by atoms with Gasteiger partial charge in [-0.1, -0.05) is 6.92 Å². The molecule has 0 spiro atoms. The number of nitrogens with zero attached hydrogens (tertiary/aromatic N) is 3. The molecule has 0 unspecified atom stereocenters. The van der Waals surface area contributed by atoms with E-state index in [9.17, 15) is 0 Å². The molecule has 3 N–H and O–H groups in total. The fourth-order valence-corrected chi connectivity index (χ4v) is 1.45. The fraction of sp³-hybridized carbons (Fsp3) is 0.333. The van der Waals surface area contributed by atoms with Gasteiger partial charge in [-0.05, 0) is 18.6 Å². The summed E-state index contributed by atoms with van der Waals surface area (Å²) in [7, 11) is 1.86. The molecule has 6 nitrogen and oxygen atoms in total. The third kappa shape index (κ3) is 2.91. The molecule has 0 saturated heterocycles. The van der Waals surface area contributed by atoms with Gasteiger partial charge in [0.1, 0.15) is 5.82 Å². The molecule has 0 amide bonds. The molecular formula is C12H17N5O. The van der Waals surface area contributed by atoms with Crippen LogP contribution < -0.4 is 15.8 Å². The second kappa shape index (κ2) is 5.39. The first-order valence-corrected chi connectivity index (χ1v) is 5.85. The number of ether oxygens (including phenoxy) is 1. The highest BCUT2D eigenvalue weighted by molar-refractivity contribution is 5.58. The lowest BCUT2D eigenvalue weighted by molar-refractivity contribution is 0.307. The number of anilines is 3. The summed E-state index contributed by atoms with van der Waals surface area (Å²) in [6.45, 7) is 2.64. The van der Waals surface area contributed by atoms with Crippen LogP contribution >= 0.6 is 0 Å². The van der Waals surface area contributed by atoms with Gasteiger partial charge >= 0.3 is 0 Å². The quantitative estimate of drug-likeness (QED) is 0.844. The van der Waals surface area contributed by atoms with Crippen molar-refractivity contribution in [3.05, 3.63) is 24.4 Å². The monoisotopic (exact) mass is 247 g/mol. The Hall–Kier alpha value is -2.24. The van der Waals surface area contributed by atoms with Crippen molar-refractivity contribution in [3.63, 3.8) is 0 Å². The van der Waals surface area contributed by atoms with E-state index in [4.69, 9.17) is 10.5 Å². The van der Waals surface area contributed by atoms with Gasteiger partial charge in [0, 0.05) is 19.3 Å². The Bertz CT molecular complexity index is 523. The van der Waals surface area contributed by atoms with Crippen molar-refractivity contribution in [2.75, 3.05) is 17.7 Å². The van der Waals surface area contributed by atoms with Crippen LogP contribution in [0.3, 0.4) is 0 Å². The normalized spacial score (nSPS) is 10.3. The maximum absolute atomic E-state index is 5.79. The lowest BCUT2D eigenvalue weighted by atomic mass is 10.4. The standard InChI is InChI=1S/C12H17N5O/c1-3-8-18-12-9(13)4-5-10(15-12)14-11-6-7-17(2)16-11/h4-7H,3,8,13H2,1-2H3,(H,14,15,16). The number of hydrogen-bond donors (Lipinski definition) is 2. The highest BCUT2D eigenvalue weighted by Crippen LogP contribution is 2.22. The van der Waals surface area contributed by atoms with E-state index in [0.717, 1.165) is 12.2 Å². The first kappa shape index (κ1) is 12.2. The van der Waals surface area contributed by atoms with Gasteiger partial charge < -0.3 is 15.8 Å². The molecule has 0 aliphatic heterocycles. The van der Waals surface area contributed by atoms with Crippen LogP contribution in [0.4, 0.5) is 17.3 Å². The summed E-state index contributed by atoms with van der Waals surface area (Å²) in [4.78, 5) is 4.31. The molecule has 0 aliphatic carbocycles. The molecule has 0 saturated carbocycles. The minimum atomic E-state index is 0.456. The van der Waals surface area contributed by atoms with E-state index < -0.39 is 0 Å². The second-order valence-corrected chi connectivity index (χ2v) is 3.94. The van der Waals surface area contributed by atoms with Crippen LogP contribution in [-0.4, -0.2) is 21.4 Å². The molecule has 6 heteroatoms. The summed E-state index contributed by atoms with van der Waals surface area (Å²) >= 11 is 0. The van der Waals surface area contributed by atoms with Crippen molar-refractivity contribution >= 4 is 17.3 Å². The fourth-order valence-electron chi connectivity index (χ4n) is 1.45. The van der Waals surface area contributed by atoms with E-state index in [0.29, 0.717) is 24.0 Å². The van der Waals surface area contributed by atoms with Crippen LogP contribution in [0, 0.1) is 0 Å². The van der Waals surface area contributed by atoms with Crippen molar-refractivity contribution in [2.24, 2.45) is 7.05 Å². The van der Waals surface area contributed by atoms with Crippen LogP contribution in [0.2, 0.25) is 0 Å². The first-order valence-electron chi connectivity index (χ1n) is 5.85. The molecule has 0 aromatic carbocycles. The van der Waals surface area contributed by atoms with Crippen molar-refractivity contribution in [1.29, 1.82) is 0 Å². The Morgan fingerprint density at radius 2 is 2.17 bits per heavy atom. The van der Waals surface area contributed by atoms with Crippen LogP contribution in [0.1, 0.15) is 13.3 Å².